The Kier molecular flexibility index (Phi) is 5.22. The van der Waals surface area contributed by atoms with Gasteiger partial charge in [0.2, 0.25) is 0 Å². The van der Waals surface area contributed by atoms with Crippen molar-refractivity contribution in [2.75, 3.05) is 13.1 Å². The molecule has 2 heterocycles. The summed E-state index contributed by atoms with van der Waals surface area (Å²) in [6.45, 7) is 2.61. The molecule has 0 bridgehead atoms. The largest absolute Gasteiger partial charge is 0.489 e. The maximum Gasteiger partial charge on any atom is 0.319 e. The normalized spacial score (nSPS) is 19.5. The number of ether oxygens (including phenoxy) is 1. The Bertz CT molecular complexity index is 938. The quantitative estimate of drug-likeness (QED) is 0.701. The molecule has 0 fully saturated rings. The van der Waals surface area contributed by atoms with Gasteiger partial charge in [-0.05, 0) is 30.2 Å². The summed E-state index contributed by atoms with van der Waals surface area (Å²) < 4.78 is 5.81. The molecule has 29 heavy (non-hydrogen) atoms. The van der Waals surface area contributed by atoms with Crippen LogP contribution in [0.3, 0.4) is 0 Å². The molecule has 2 aromatic carbocycles. The van der Waals surface area contributed by atoms with Crippen molar-refractivity contribution in [1.82, 2.24) is 15.5 Å². The van der Waals surface area contributed by atoms with Gasteiger partial charge in [0.05, 0.1) is 30.0 Å². The Morgan fingerprint density at radius 1 is 1.14 bits per heavy atom. The van der Waals surface area contributed by atoms with Crippen molar-refractivity contribution in [1.29, 1.82) is 0 Å². The molecule has 2 aromatic rings. The van der Waals surface area contributed by atoms with Gasteiger partial charge in [0.25, 0.3) is 5.91 Å². The molecular weight excluding hydrogens is 370 g/mol. The molecular formula is C22H23N3O4. The van der Waals surface area contributed by atoms with Gasteiger partial charge in [-0.3, -0.25) is 4.79 Å². The fourth-order valence-electron chi connectivity index (χ4n) is 3.64. The van der Waals surface area contributed by atoms with E-state index in [9.17, 15) is 14.7 Å². The average Bonchev–Trinajstić information content (AvgIpc) is 3.01. The van der Waals surface area contributed by atoms with E-state index in [4.69, 9.17) is 4.74 Å². The van der Waals surface area contributed by atoms with Crippen LogP contribution in [0, 0.1) is 0 Å². The first kappa shape index (κ1) is 19.0. The van der Waals surface area contributed by atoms with Gasteiger partial charge in [0, 0.05) is 6.54 Å². The highest BCUT2D eigenvalue weighted by atomic mass is 16.5. The van der Waals surface area contributed by atoms with Crippen molar-refractivity contribution in [3.05, 3.63) is 77.0 Å². The fraction of sp³-hybridized carbons (Fsp3) is 0.273. The number of aliphatic hydroxyl groups excluding tert-OH is 1. The number of hydrogen-bond donors (Lipinski definition) is 3. The Hall–Kier alpha value is -3.32. The average molecular weight is 393 g/mol. The number of β-amino-alcohol motifs (C(OH)–C–C–N with tert-alkyl or cyclic N) is 1. The Labute approximate surface area is 169 Å². The van der Waals surface area contributed by atoms with Gasteiger partial charge >= 0.3 is 6.03 Å². The summed E-state index contributed by atoms with van der Waals surface area (Å²) in [6.07, 6.45) is -0.636. The van der Waals surface area contributed by atoms with Crippen molar-refractivity contribution in [3.8, 4) is 5.75 Å². The molecule has 0 aliphatic carbocycles. The van der Waals surface area contributed by atoms with Crippen LogP contribution in [-0.2, 0) is 11.4 Å². The summed E-state index contributed by atoms with van der Waals surface area (Å²) in [5, 5.41) is 15.2. The van der Waals surface area contributed by atoms with Gasteiger partial charge in [0.1, 0.15) is 12.4 Å². The van der Waals surface area contributed by atoms with E-state index < -0.39 is 12.1 Å². The standard InChI is InChI=1S/C22H23N3O4/c1-14(26)11-25-12-18-19(21(25)27)20(24-22(28)23-18)16-7-9-17(10-8-16)29-13-15-5-3-2-4-6-15/h2-10,14,20,26H,11-13H2,1H3,(H2,23,24,28)/t14-,20+/m0/s1. The minimum absolute atomic E-state index is 0.178. The zero-order valence-corrected chi connectivity index (χ0v) is 16.1. The zero-order valence-electron chi connectivity index (χ0n) is 16.1. The molecule has 3 amide bonds. The third-order valence-electron chi connectivity index (χ3n) is 4.97. The molecule has 0 unspecified atom stereocenters. The van der Waals surface area contributed by atoms with Gasteiger partial charge in [0.15, 0.2) is 0 Å². The van der Waals surface area contributed by atoms with Gasteiger partial charge in [-0.2, -0.15) is 0 Å². The van der Waals surface area contributed by atoms with E-state index >= 15 is 0 Å². The number of benzene rings is 2. The smallest absolute Gasteiger partial charge is 0.319 e. The van der Waals surface area contributed by atoms with E-state index in [1.54, 1.807) is 11.8 Å². The third-order valence-corrected chi connectivity index (χ3v) is 4.97. The number of carbonyl (C=O) groups excluding carboxylic acids is 2. The van der Waals surface area contributed by atoms with Crippen molar-refractivity contribution in [2.45, 2.75) is 25.7 Å². The topological polar surface area (TPSA) is 90.9 Å². The van der Waals surface area contributed by atoms with Gasteiger partial charge in [-0.15, -0.1) is 0 Å². The molecule has 4 rings (SSSR count). The first-order chi connectivity index (χ1) is 14.0. The fourth-order valence-corrected chi connectivity index (χ4v) is 3.64. The second kappa shape index (κ2) is 7.97. The first-order valence-corrected chi connectivity index (χ1v) is 9.56. The van der Waals surface area contributed by atoms with E-state index in [0.29, 0.717) is 30.2 Å². The third kappa shape index (κ3) is 4.09. The lowest BCUT2D eigenvalue weighted by Gasteiger charge is -2.25. The van der Waals surface area contributed by atoms with Gasteiger partial charge in [-0.1, -0.05) is 42.5 Å². The molecule has 0 saturated heterocycles. The second-order valence-electron chi connectivity index (χ2n) is 7.30. The number of urea groups is 1. The molecule has 150 valence electrons. The maximum atomic E-state index is 12.8. The van der Waals surface area contributed by atoms with Crippen LogP contribution in [0.1, 0.15) is 24.1 Å². The minimum Gasteiger partial charge on any atom is -0.489 e. The van der Waals surface area contributed by atoms with E-state index in [0.717, 1.165) is 11.1 Å². The van der Waals surface area contributed by atoms with Crippen LogP contribution >= 0.6 is 0 Å². The van der Waals surface area contributed by atoms with Crippen molar-refractivity contribution in [3.63, 3.8) is 0 Å². The zero-order chi connectivity index (χ0) is 20.4. The van der Waals surface area contributed by atoms with E-state index in [-0.39, 0.29) is 18.5 Å². The summed E-state index contributed by atoms with van der Waals surface area (Å²) >= 11 is 0. The maximum absolute atomic E-state index is 12.8. The van der Waals surface area contributed by atoms with E-state index in [1.165, 1.54) is 0 Å². The highest BCUT2D eigenvalue weighted by molar-refractivity contribution is 6.01. The summed E-state index contributed by atoms with van der Waals surface area (Å²) in [5.74, 6) is 0.531. The van der Waals surface area contributed by atoms with Crippen LogP contribution in [-0.4, -0.2) is 41.1 Å². The van der Waals surface area contributed by atoms with E-state index in [1.807, 2.05) is 54.6 Å². The first-order valence-electron chi connectivity index (χ1n) is 9.56. The molecule has 3 N–H and O–H groups in total. The predicted molar refractivity (Wildman–Crippen MR) is 107 cm³/mol. The molecule has 0 spiro atoms. The van der Waals surface area contributed by atoms with Crippen LogP contribution in [0.25, 0.3) is 0 Å². The number of nitrogens with one attached hydrogen (secondary N) is 2. The summed E-state index contributed by atoms with van der Waals surface area (Å²) in [6, 6.07) is 16.4. The highest BCUT2D eigenvalue weighted by Crippen LogP contribution is 2.33. The van der Waals surface area contributed by atoms with E-state index in [2.05, 4.69) is 10.6 Å². The van der Waals surface area contributed by atoms with Crippen molar-refractivity contribution < 1.29 is 19.4 Å². The number of nitrogens with zero attached hydrogens (tertiary/aromatic N) is 1. The Balaban J connectivity index is 1.50. The SMILES string of the molecule is C[C@H](O)CN1CC2=C(C1=O)[C@@H](c1ccc(OCc3ccccc3)cc1)NC(=O)N2. The van der Waals surface area contributed by atoms with Crippen LogP contribution in [0.4, 0.5) is 4.79 Å². The highest BCUT2D eigenvalue weighted by Gasteiger charge is 2.40. The lowest BCUT2D eigenvalue weighted by atomic mass is 9.96. The Morgan fingerprint density at radius 3 is 2.55 bits per heavy atom. The second-order valence-corrected chi connectivity index (χ2v) is 7.30. The molecule has 0 aromatic heterocycles. The number of carbonyl (C=O) groups is 2. The van der Waals surface area contributed by atoms with Crippen molar-refractivity contribution in [2.24, 2.45) is 0 Å². The summed E-state index contributed by atoms with van der Waals surface area (Å²) in [4.78, 5) is 26.5. The molecule has 7 nitrogen and oxygen atoms in total. The summed E-state index contributed by atoms with van der Waals surface area (Å²) in [7, 11) is 0. The van der Waals surface area contributed by atoms with Crippen LogP contribution in [0.2, 0.25) is 0 Å². The minimum atomic E-state index is -0.636. The number of aliphatic hydroxyl groups is 1. The van der Waals surface area contributed by atoms with Crippen LogP contribution in [0.5, 0.6) is 5.75 Å². The lowest BCUT2D eigenvalue weighted by molar-refractivity contribution is -0.126. The monoisotopic (exact) mass is 393 g/mol. The van der Waals surface area contributed by atoms with Gasteiger partial charge in [-0.25, -0.2) is 4.79 Å². The Morgan fingerprint density at radius 2 is 1.86 bits per heavy atom. The number of rotatable bonds is 6. The molecule has 0 saturated carbocycles. The van der Waals surface area contributed by atoms with Crippen LogP contribution in [0.15, 0.2) is 65.9 Å². The van der Waals surface area contributed by atoms with Crippen LogP contribution < -0.4 is 15.4 Å². The number of amides is 3. The number of hydrogen-bond acceptors (Lipinski definition) is 4. The molecule has 2 aliphatic heterocycles. The van der Waals surface area contributed by atoms with Gasteiger partial charge < -0.3 is 25.4 Å². The summed E-state index contributed by atoms with van der Waals surface area (Å²) in [5.41, 5.74) is 2.98. The molecule has 2 atom stereocenters. The molecule has 2 aliphatic rings. The van der Waals surface area contributed by atoms with Crippen molar-refractivity contribution >= 4 is 11.9 Å². The predicted octanol–water partition coefficient (Wildman–Crippen LogP) is 2.10. The lowest BCUT2D eigenvalue weighted by Crippen LogP contribution is -2.44. The molecule has 0 radical (unpaired) electrons. The molecule has 7 heteroatoms.